The second kappa shape index (κ2) is 8.46. The number of hydrogen-bond acceptors (Lipinski definition) is 5. The number of benzene rings is 2. The van der Waals surface area contributed by atoms with Crippen LogP contribution < -0.4 is 10.1 Å². The second-order valence-corrected chi connectivity index (χ2v) is 6.79. The first-order chi connectivity index (χ1) is 14.5. The van der Waals surface area contributed by atoms with Crippen molar-refractivity contribution in [1.29, 1.82) is 0 Å². The molecule has 31 heavy (non-hydrogen) atoms. The molecule has 0 atom stereocenters. The number of nitro benzene ring substituents is 1. The summed E-state index contributed by atoms with van der Waals surface area (Å²) >= 11 is 0. The average molecular weight is 434 g/mol. The van der Waals surface area contributed by atoms with Gasteiger partial charge in [-0.1, -0.05) is 12.1 Å². The molecule has 1 amide bonds. The summed E-state index contributed by atoms with van der Waals surface area (Å²) in [5.41, 5.74) is 0.345. The van der Waals surface area contributed by atoms with Crippen LogP contribution in [0.25, 0.3) is 0 Å². The molecule has 0 bridgehead atoms. The van der Waals surface area contributed by atoms with E-state index in [-0.39, 0.29) is 17.1 Å². The van der Waals surface area contributed by atoms with E-state index < -0.39 is 29.2 Å². The molecule has 3 rings (SSSR count). The van der Waals surface area contributed by atoms with Gasteiger partial charge in [-0.05, 0) is 37.1 Å². The summed E-state index contributed by atoms with van der Waals surface area (Å²) in [4.78, 5) is 22.9. The van der Waals surface area contributed by atoms with E-state index in [4.69, 9.17) is 4.74 Å². The highest BCUT2D eigenvalue weighted by Gasteiger charge is 2.33. The predicted octanol–water partition coefficient (Wildman–Crippen LogP) is 4.86. The summed E-state index contributed by atoms with van der Waals surface area (Å²) < 4.78 is 44.5. The molecule has 1 N–H and O–H groups in total. The molecular weight excluding hydrogens is 417 g/mol. The number of nitrogens with one attached hydrogen (secondary N) is 1. The van der Waals surface area contributed by atoms with Gasteiger partial charge in [0.1, 0.15) is 18.0 Å². The third kappa shape index (κ3) is 5.59. The van der Waals surface area contributed by atoms with Gasteiger partial charge >= 0.3 is 6.18 Å². The average Bonchev–Trinajstić information content (AvgIpc) is 3.13. The smallest absolute Gasteiger partial charge is 0.435 e. The molecule has 0 radical (unpaired) electrons. The van der Waals surface area contributed by atoms with Crippen molar-refractivity contribution >= 4 is 17.3 Å². The molecule has 8 nitrogen and oxygen atoms in total. The fourth-order valence-corrected chi connectivity index (χ4v) is 2.71. The lowest BCUT2D eigenvalue weighted by Gasteiger charge is -2.12. The number of aryl methyl sites for hydroxylation is 2. The molecule has 0 aliphatic carbocycles. The molecule has 11 heteroatoms. The van der Waals surface area contributed by atoms with Crippen molar-refractivity contribution in [2.45, 2.75) is 26.6 Å². The minimum absolute atomic E-state index is 0.0581. The van der Waals surface area contributed by atoms with Gasteiger partial charge in [-0.15, -0.1) is 0 Å². The standard InChI is InChI=1S/C20H17F3N4O4/c1-12-3-4-13(2)17(7-12)31-16-9-14(8-15(10-16)27(29)30)24-19(28)11-26-6-5-18(25-26)20(21,22)23/h3-10H,11H2,1-2H3,(H,24,28). The largest absolute Gasteiger partial charge is 0.457 e. The number of alkyl halides is 3. The van der Waals surface area contributed by atoms with Gasteiger partial charge in [-0.3, -0.25) is 19.6 Å². The Balaban J connectivity index is 1.80. The van der Waals surface area contributed by atoms with Gasteiger partial charge in [0, 0.05) is 18.3 Å². The van der Waals surface area contributed by atoms with Crippen molar-refractivity contribution in [2.75, 3.05) is 5.32 Å². The van der Waals surface area contributed by atoms with E-state index in [1.54, 1.807) is 6.07 Å². The maximum Gasteiger partial charge on any atom is 0.435 e. The van der Waals surface area contributed by atoms with E-state index in [9.17, 15) is 28.1 Å². The highest BCUT2D eigenvalue weighted by Crippen LogP contribution is 2.32. The Hall–Kier alpha value is -3.89. The number of rotatable bonds is 6. The quantitative estimate of drug-likeness (QED) is 0.441. The Kier molecular flexibility index (Phi) is 5.95. The van der Waals surface area contributed by atoms with Crippen LogP contribution in [-0.4, -0.2) is 20.6 Å². The second-order valence-electron chi connectivity index (χ2n) is 6.79. The number of hydrogen-bond donors (Lipinski definition) is 1. The molecule has 1 aromatic heterocycles. The van der Waals surface area contributed by atoms with Gasteiger partial charge in [-0.2, -0.15) is 18.3 Å². The first-order valence-corrected chi connectivity index (χ1v) is 8.96. The SMILES string of the molecule is Cc1ccc(C)c(Oc2cc(NC(=O)Cn3ccc(C(F)(F)F)n3)cc([N+](=O)[O-])c2)c1. The molecule has 0 saturated carbocycles. The van der Waals surface area contributed by atoms with Crippen molar-refractivity contribution in [3.63, 3.8) is 0 Å². The van der Waals surface area contributed by atoms with Crippen LogP contribution in [0.2, 0.25) is 0 Å². The number of ether oxygens (including phenoxy) is 1. The molecule has 2 aromatic carbocycles. The summed E-state index contributed by atoms with van der Waals surface area (Å²) in [7, 11) is 0. The van der Waals surface area contributed by atoms with Crippen molar-refractivity contribution < 1.29 is 27.6 Å². The number of amides is 1. The molecule has 162 valence electrons. The molecule has 0 aliphatic heterocycles. The molecule has 0 unspecified atom stereocenters. The zero-order valence-electron chi connectivity index (χ0n) is 16.4. The first-order valence-electron chi connectivity index (χ1n) is 8.96. The van der Waals surface area contributed by atoms with E-state index in [0.29, 0.717) is 5.75 Å². The zero-order chi connectivity index (χ0) is 22.8. The van der Waals surface area contributed by atoms with Crippen LogP contribution >= 0.6 is 0 Å². The lowest BCUT2D eigenvalue weighted by molar-refractivity contribution is -0.384. The molecule has 0 spiro atoms. The summed E-state index contributed by atoms with van der Waals surface area (Å²) in [6.45, 7) is 3.17. The number of aromatic nitrogens is 2. The number of halogens is 3. The normalized spacial score (nSPS) is 11.3. The minimum Gasteiger partial charge on any atom is -0.457 e. The molecule has 3 aromatic rings. The van der Waals surface area contributed by atoms with Gasteiger partial charge in [0.05, 0.1) is 16.7 Å². The van der Waals surface area contributed by atoms with E-state index >= 15 is 0 Å². The Morgan fingerprint density at radius 3 is 2.58 bits per heavy atom. The van der Waals surface area contributed by atoms with Gasteiger partial charge in [0.25, 0.3) is 5.69 Å². The van der Waals surface area contributed by atoms with E-state index in [1.165, 1.54) is 12.1 Å². The van der Waals surface area contributed by atoms with E-state index in [0.717, 1.165) is 34.1 Å². The van der Waals surface area contributed by atoms with Crippen molar-refractivity contribution in [3.05, 3.63) is 75.6 Å². The third-order valence-electron chi connectivity index (χ3n) is 4.19. The van der Waals surface area contributed by atoms with E-state index in [2.05, 4.69) is 10.4 Å². The molecule has 0 aliphatic rings. The van der Waals surface area contributed by atoms with Gasteiger partial charge in [0.15, 0.2) is 5.69 Å². The first kappa shape index (κ1) is 21.8. The van der Waals surface area contributed by atoms with Gasteiger partial charge in [0.2, 0.25) is 5.91 Å². The van der Waals surface area contributed by atoms with Gasteiger partial charge in [-0.25, -0.2) is 0 Å². The van der Waals surface area contributed by atoms with Crippen LogP contribution in [0.5, 0.6) is 11.5 Å². The zero-order valence-corrected chi connectivity index (χ0v) is 16.4. The van der Waals surface area contributed by atoms with Crippen LogP contribution in [0, 0.1) is 24.0 Å². The topological polar surface area (TPSA) is 99.3 Å². The molecule has 0 saturated heterocycles. The van der Waals surface area contributed by atoms with Crippen LogP contribution in [0.3, 0.4) is 0 Å². The summed E-state index contributed by atoms with van der Waals surface area (Å²) in [6, 6.07) is 9.96. The number of anilines is 1. The third-order valence-corrected chi connectivity index (χ3v) is 4.19. The molecular formula is C20H17F3N4O4. The van der Waals surface area contributed by atoms with Crippen LogP contribution in [0.1, 0.15) is 16.8 Å². The summed E-state index contributed by atoms with van der Waals surface area (Å²) in [5, 5.41) is 17.0. The minimum atomic E-state index is -4.62. The monoisotopic (exact) mass is 434 g/mol. The van der Waals surface area contributed by atoms with Crippen molar-refractivity contribution in [3.8, 4) is 11.5 Å². The molecule has 1 heterocycles. The Labute approximate surface area is 174 Å². The lowest BCUT2D eigenvalue weighted by Crippen LogP contribution is -2.20. The fraction of sp³-hybridized carbons (Fsp3) is 0.200. The highest BCUT2D eigenvalue weighted by molar-refractivity contribution is 5.91. The number of carbonyl (C=O) groups excluding carboxylic acids is 1. The maximum absolute atomic E-state index is 12.6. The maximum atomic E-state index is 12.6. The fourth-order valence-electron chi connectivity index (χ4n) is 2.71. The van der Waals surface area contributed by atoms with Crippen molar-refractivity contribution in [1.82, 2.24) is 9.78 Å². The Morgan fingerprint density at radius 1 is 1.19 bits per heavy atom. The number of nitrogens with zero attached hydrogens (tertiary/aromatic N) is 3. The summed E-state index contributed by atoms with van der Waals surface area (Å²) in [6.07, 6.45) is -3.60. The number of nitro groups is 1. The lowest BCUT2D eigenvalue weighted by atomic mass is 10.1. The summed E-state index contributed by atoms with van der Waals surface area (Å²) in [5.74, 6) is -0.0966. The van der Waals surface area contributed by atoms with Crippen LogP contribution in [-0.2, 0) is 17.5 Å². The van der Waals surface area contributed by atoms with E-state index in [1.807, 2.05) is 26.0 Å². The predicted molar refractivity (Wildman–Crippen MR) is 105 cm³/mol. The molecule has 0 fully saturated rings. The Bertz CT molecular complexity index is 1140. The Morgan fingerprint density at radius 2 is 1.94 bits per heavy atom. The van der Waals surface area contributed by atoms with Crippen molar-refractivity contribution in [2.24, 2.45) is 0 Å². The highest BCUT2D eigenvalue weighted by atomic mass is 19.4. The number of non-ortho nitro benzene ring substituents is 1. The van der Waals surface area contributed by atoms with Crippen LogP contribution in [0.15, 0.2) is 48.7 Å². The van der Waals surface area contributed by atoms with Gasteiger partial charge < -0.3 is 10.1 Å². The van der Waals surface area contributed by atoms with Crippen LogP contribution in [0.4, 0.5) is 24.5 Å². The number of carbonyl (C=O) groups is 1.